The number of carbonyl (C=O) groups is 1. The number of hydrogen-bond acceptors (Lipinski definition) is 14. The molecule has 0 atom stereocenters. The van der Waals surface area contributed by atoms with Gasteiger partial charge in [0.15, 0.2) is 0 Å². The molecule has 0 radical (unpaired) electrons. The van der Waals surface area contributed by atoms with Crippen LogP contribution in [-0.4, -0.2) is 44.2 Å². The number of nitrogens with zero attached hydrogens (tertiary/aromatic N) is 2. The largest absolute Gasteiger partial charge is 0.496 e. The molecule has 0 unspecified atom stereocenters. The highest BCUT2D eigenvalue weighted by molar-refractivity contribution is 8.00. The van der Waals surface area contributed by atoms with Crippen molar-refractivity contribution in [2.75, 3.05) is 39.5 Å². The molecule has 1 amide bonds. The molecule has 0 saturated heterocycles. The molecule has 0 spiro atoms. The average molecular weight is 1540 g/mol. The molecule has 0 aliphatic heterocycles. The smallest absolute Gasteiger partial charge is 0.272 e. The first-order valence-electron chi connectivity index (χ1n) is 28.7. The molecule has 94 heavy (non-hydrogen) atoms. The van der Waals surface area contributed by atoms with E-state index in [1.54, 1.807) is 52.7 Å². The number of amides is 1. The van der Waals surface area contributed by atoms with Crippen LogP contribution >= 0.6 is 152 Å². The Hall–Kier alpha value is -4.96. The number of ether oxygens (including phenoxy) is 4. The van der Waals surface area contributed by atoms with Gasteiger partial charge in [0.25, 0.3) is 11.4 Å². The van der Waals surface area contributed by atoms with Crippen molar-refractivity contribution in [1.82, 2.24) is 0 Å². The highest BCUT2D eigenvalue weighted by Crippen LogP contribution is 2.46. The van der Waals surface area contributed by atoms with Crippen LogP contribution < -0.4 is 30.0 Å². The van der Waals surface area contributed by atoms with E-state index in [0.29, 0.717) is 66.5 Å². The maximum Gasteiger partial charge on any atom is 0.272 e. The zero-order valence-electron chi connectivity index (χ0n) is 53.5. The molecule has 26 heteroatoms. The minimum atomic E-state index is -0.589. The molecule has 0 aliphatic carbocycles. The van der Waals surface area contributed by atoms with Crippen LogP contribution in [0, 0.1) is 20.2 Å². The molecule has 13 nitrogen and oxygen atoms in total. The Labute approximate surface area is 613 Å². The second-order valence-electron chi connectivity index (χ2n) is 21.4. The summed E-state index contributed by atoms with van der Waals surface area (Å²) in [7, 11) is 6.69. The van der Waals surface area contributed by atoms with E-state index in [4.69, 9.17) is 129 Å². The van der Waals surface area contributed by atoms with E-state index >= 15 is 0 Å². The number of nitrogens with two attached hydrogens (primary N) is 1. The van der Waals surface area contributed by atoms with Crippen molar-refractivity contribution < 1.29 is 33.6 Å². The predicted molar refractivity (Wildman–Crippen MR) is 400 cm³/mol. The number of hydrogen-bond donors (Lipinski definition) is 3. The molecule has 8 aromatic carbocycles. The summed E-state index contributed by atoms with van der Waals surface area (Å²) in [5.41, 5.74) is 11.2. The third-order valence-electron chi connectivity index (χ3n) is 13.1. The highest BCUT2D eigenvalue weighted by atomic mass is 35.5. The molecule has 8 aromatic rings. The number of benzene rings is 8. The zero-order chi connectivity index (χ0) is 70.4. The summed E-state index contributed by atoms with van der Waals surface area (Å²) >= 11 is 63.0. The van der Waals surface area contributed by atoms with E-state index in [-0.39, 0.29) is 42.4 Å². The van der Waals surface area contributed by atoms with Gasteiger partial charge in [-0.15, -0.1) is 12.6 Å². The number of nitro groups is 2. The normalized spacial score (nSPS) is 10.7. The molecule has 0 bridgehead atoms. The monoisotopic (exact) mass is 1530 g/mol. The second-order valence-corrected chi connectivity index (χ2v) is 28.8. The molecule has 0 saturated carbocycles. The fourth-order valence-electron chi connectivity index (χ4n) is 8.46. The van der Waals surface area contributed by atoms with Gasteiger partial charge in [-0.2, -0.15) is 0 Å². The van der Waals surface area contributed by atoms with Crippen molar-refractivity contribution in [2.24, 2.45) is 0 Å². The third kappa shape index (κ3) is 24.5. The van der Waals surface area contributed by atoms with E-state index in [0.717, 1.165) is 87.6 Å². The molecular formula is C68H71Cl9N4O9S4. The molecule has 0 aromatic heterocycles. The third-order valence-corrected chi connectivity index (χ3v) is 20.5. The van der Waals surface area contributed by atoms with Gasteiger partial charge in [0.1, 0.15) is 23.0 Å². The number of carbonyl (C=O) groups excluding carboxylic acids is 1. The Kier molecular flexibility index (Phi) is 34.2. The van der Waals surface area contributed by atoms with Gasteiger partial charge in [-0.05, 0) is 149 Å². The van der Waals surface area contributed by atoms with Gasteiger partial charge in [0.05, 0.1) is 83.5 Å². The fourth-order valence-corrected chi connectivity index (χ4v) is 14.0. The highest BCUT2D eigenvalue weighted by Gasteiger charge is 2.20. The first-order valence-corrected chi connectivity index (χ1v) is 35.0. The van der Waals surface area contributed by atoms with E-state index in [1.165, 1.54) is 53.0 Å². The van der Waals surface area contributed by atoms with Gasteiger partial charge >= 0.3 is 0 Å². The number of rotatable bonds is 19. The summed E-state index contributed by atoms with van der Waals surface area (Å²) in [5, 5.41) is 26.9. The lowest BCUT2D eigenvalue weighted by Crippen LogP contribution is -2.10. The topological polar surface area (TPSA) is 178 Å². The number of nitro benzene ring substituents is 2. The summed E-state index contributed by atoms with van der Waals surface area (Å²) in [5.74, 6) is 4.98. The Bertz CT molecular complexity index is 3850. The average Bonchev–Trinajstić information content (AvgIpc) is 0.838. The summed E-state index contributed by atoms with van der Waals surface area (Å²) in [4.78, 5) is 37.9. The number of nitrogens with one attached hydrogen (secondary N) is 1. The van der Waals surface area contributed by atoms with Crippen molar-refractivity contribution in [3.63, 3.8) is 0 Å². The number of thiol groups is 1. The molecule has 0 heterocycles. The van der Waals surface area contributed by atoms with E-state index in [9.17, 15) is 25.0 Å². The van der Waals surface area contributed by atoms with Crippen molar-refractivity contribution in [3.05, 3.63) is 209 Å². The SMILES string of the molecule is CCCC(=O)Nc1cc(Cl)c(Sc2ccc(OC)c(C(C)C)c2)c(Cl)c1.COc1ccc(S)cc1C(C)C.COc1ccc(Sc2c(Cl)cc(N)cc2Cl)cc1C(C)C.COc1ccc(Sc2c(Cl)cc([N+](=O)[O-])cc2Cl)cc1C(C)C.O=[N+]([O-])c1cc(Cl)c(Cl)c(Cl)c1. The van der Waals surface area contributed by atoms with Gasteiger partial charge in [0.2, 0.25) is 5.91 Å². The summed E-state index contributed by atoms with van der Waals surface area (Å²) in [6.07, 6.45) is 1.26. The predicted octanol–water partition coefficient (Wildman–Crippen LogP) is 25.7. The Balaban J connectivity index is 0.000000258. The maximum absolute atomic E-state index is 11.8. The maximum atomic E-state index is 11.8. The summed E-state index contributed by atoms with van der Waals surface area (Å²) in [6, 6.07) is 35.7. The fraction of sp³-hybridized carbons (Fsp3) is 0.279. The molecule has 8 rings (SSSR count). The van der Waals surface area contributed by atoms with Crippen molar-refractivity contribution in [1.29, 1.82) is 0 Å². The molecule has 0 fully saturated rings. The lowest BCUT2D eigenvalue weighted by Gasteiger charge is -2.15. The van der Waals surface area contributed by atoms with Crippen LogP contribution in [0.3, 0.4) is 0 Å². The van der Waals surface area contributed by atoms with Crippen molar-refractivity contribution in [2.45, 2.75) is 133 Å². The molecule has 0 aliphatic rings. The number of non-ortho nitro benzene ring substituents is 2. The van der Waals surface area contributed by atoms with Gasteiger partial charge in [-0.3, -0.25) is 25.0 Å². The number of nitrogen functional groups attached to an aromatic ring is 1. The molecule has 3 N–H and O–H groups in total. The van der Waals surface area contributed by atoms with Crippen molar-refractivity contribution in [3.8, 4) is 23.0 Å². The quantitative estimate of drug-likeness (QED) is 0.0229. The van der Waals surface area contributed by atoms with Gasteiger partial charge < -0.3 is 30.0 Å². The van der Waals surface area contributed by atoms with Crippen LogP contribution in [0.15, 0.2) is 156 Å². The zero-order valence-corrected chi connectivity index (χ0v) is 63.6. The standard InChI is InChI=1S/C20H23Cl2NO2S.C16H15Cl2NO3S.C16H17Cl2NOS.C10H14OS.C6H2Cl3NO2/c1-5-6-19(24)23-13-9-16(21)20(17(22)10-13)26-14-7-8-18(25-4)15(11-14)12(2)3;1-9(2)12-8-11(4-5-15(12)22-3)23-16-13(17)6-10(19(20)21)7-14(16)18;1-9(2)12-8-11(4-5-15(12)20-3)21-16-13(17)6-10(19)7-14(16)18;1-7(2)9-6-8(12)4-5-10(9)11-3;7-4-1-3(10(11)12)2-5(8)6(4)9/h7-12H,5-6H2,1-4H3,(H,23,24);4-9H,1-3H3;4-9H,19H2,1-3H3;4-7,12H,1-3H3;1-2H. The first kappa shape index (κ1) is 81.5. The van der Waals surface area contributed by atoms with Crippen LogP contribution in [0.1, 0.15) is 121 Å². The lowest BCUT2D eigenvalue weighted by atomic mass is 10.0. The summed E-state index contributed by atoms with van der Waals surface area (Å²) < 4.78 is 21.4. The Morgan fingerprint density at radius 2 is 0.755 bits per heavy atom. The Morgan fingerprint density at radius 1 is 0.468 bits per heavy atom. The number of halogens is 9. The van der Waals surface area contributed by atoms with Crippen LogP contribution in [0.25, 0.3) is 0 Å². The van der Waals surface area contributed by atoms with Crippen LogP contribution in [0.4, 0.5) is 22.7 Å². The minimum absolute atomic E-state index is 0.0447. The number of anilines is 2. The van der Waals surface area contributed by atoms with E-state index in [1.807, 2.05) is 67.6 Å². The van der Waals surface area contributed by atoms with Crippen molar-refractivity contribution >= 4 is 181 Å². The molecule has 504 valence electrons. The van der Waals surface area contributed by atoms with Gasteiger partial charge in [0, 0.05) is 76.3 Å². The van der Waals surface area contributed by atoms with Crippen LogP contribution in [0.5, 0.6) is 23.0 Å². The Morgan fingerprint density at radius 3 is 1.05 bits per heavy atom. The van der Waals surface area contributed by atoms with Crippen LogP contribution in [-0.2, 0) is 4.79 Å². The molecular weight excluding hydrogens is 1460 g/mol. The van der Waals surface area contributed by atoms with Gasteiger partial charge in [-0.25, -0.2) is 0 Å². The van der Waals surface area contributed by atoms with Gasteiger partial charge in [-0.1, -0.05) is 202 Å². The minimum Gasteiger partial charge on any atom is -0.496 e. The van der Waals surface area contributed by atoms with E-state index < -0.39 is 9.85 Å². The summed E-state index contributed by atoms with van der Waals surface area (Å²) in [6.45, 7) is 18.9. The number of methoxy groups -OCH3 is 4. The second kappa shape index (κ2) is 39.4. The first-order chi connectivity index (χ1) is 44.3. The van der Waals surface area contributed by atoms with Crippen LogP contribution in [0.2, 0.25) is 45.2 Å². The van der Waals surface area contributed by atoms with E-state index in [2.05, 4.69) is 85.5 Å². The lowest BCUT2D eigenvalue weighted by molar-refractivity contribution is -0.385.